The minimum atomic E-state index is -3.99. The fraction of sp³-hybridized carbons (Fsp3) is 0.741. The molecule has 0 bridgehead atoms. The summed E-state index contributed by atoms with van der Waals surface area (Å²) in [5.41, 5.74) is -0.573. The zero-order valence-electron chi connectivity index (χ0n) is 22.5. The molecular weight excluding hydrogens is 502 g/mol. The number of halogens is 2. The van der Waals surface area contributed by atoms with Gasteiger partial charge in [0.15, 0.2) is 0 Å². The van der Waals surface area contributed by atoms with Gasteiger partial charge in [-0.3, -0.25) is 4.79 Å². The Morgan fingerprint density at radius 3 is 2.57 bits per heavy atom. The molecule has 1 aromatic carbocycles. The molecule has 208 valence electrons. The van der Waals surface area contributed by atoms with Crippen LogP contribution in [-0.4, -0.2) is 61.5 Å². The summed E-state index contributed by atoms with van der Waals surface area (Å²) in [4.78, 5) is 12.8. The summed E-state index contributed by atoms with van der Waals surface area (Å²) in [6.45, 7) is 9.98. The number of aryl methyl sites for hydroxylation is 1. The molecule has 1 saturated heterocycles. The van der Waals surface area contributed by atoms with Crippen molar-refractivity contribution in [1.29, 1.82) is 0 Å². The number of hydrogen-bond donors (Lipinski definition) is 1. The second-order valence-electron chi connectivity index (χ2n) is 12.0. The van der Waals surface area contributed by atoms with Crippen molar-refractivity contribution >= 4 is 16.0 Å². The third kappa shape index (κ3) is 6.11. The molecule has 2 atom stereocenters. The Morgan fingerprint density at radius 2 is 1.95 bits per heavy atom. The van der Waals surface area contributed by atoms with Gasteiger partial charge < -0.3 is 14.8 Å². The largest absolute Gasteiger partial charge is 0.489 e. The fourth-order valence-electron chi connectivity index (χ4n) is 5.50. The SMILES string of the molecule is Cc1ccc(S(=O)(=O)N2CCC[C@H]2C(=O)OC(C)(C)C)c(O[C@H](C)CCCNC2CC3(C2)CC3(F)F)c1. The van der Waals surface area contributed by atoms with E-state index in [0.717, 1.165) is 12.0 Å². The van der Waals surface area contributed by atoms with Crippen LogP contribution in [0.15, 0.2) is 23.1 Å². The number of carbonyl (C=O) groups is 1. The van der Waals surface area contributed by atoms with Crippen LogP contribution in [0.4, 0.5) is 8.78 Å². The summed E-state index contributed by atoms with van der Waals surface area (Å²) in [7, 11) is -3.99. The van der Waals surface area contributed by atoms with Crippen LogP contribution in [-0.2, 0) is 19.6 Å². The summed E-state index contributed by atoms with van der Waals surface area (Å²) in [6, 6.07) is 4.27. The highest BCUT2D eigenvalue weighted by atomic mass is 32.2. The number of hydrogen-bond acceptors (Lipinski definition) is 6. The number of nitrogens with zero attached hydrogens (tertiary/aromatic N) is 1. The van der Waals surface area contributed by atoms with E-state index in [9.17, 15) is 22.0 Å². The van der Waals surface area contributed by atoms with Crippen LogP contribution in [0.3, 0.4) is 0 Å². The van der Waals surface area contributed by atoms with Crippen molar-refractivity contribution in [2.24, 2.45) is 5.41 Å². The topological polar surface area (TPSA) is 84.9 Å². The standard InChI is InChI=1S/C27H40F2N2O5S/c1-18-10-11-23(37(33,34)31-13-7-9-21(31)24(32)36-25(3,4)5)22(14-18)35-19(2)8-6-12-30-20-15-26(16-20)17-27(26,28)29/h10-11,14,19-21,30H,6-9,12-13,15-17H2,1-5H3/t19-,20?,21+,26?/m1/s1. The monoisotopic (exact) mass is 542 g/mol. The molecule has 1 aliphatic heterocycles. The van der Waals surface area contributed by atoms with Crippen molar-refractivity contribution < 1.29 is 31.5 Å². The number of benzene rings is 1. The first-order valence-electron chi connectivity index (χ1n) is 13.3. The van der Waals surface area contributed by atoms with E-state index in [1.165, 1.54) is 4.31 Å². The van der Waals surface area contributed by atoms with E-state index in [1.54, 1.807) is 39.0 Å². The second kappa shape index (κ2) is 10.1. The van der Waals surface area contributed by atoms with E-state index in [2.05, 4.69) is 5.32 Å². The molecule has 1 N–H and O–H groups in total. The van der Waals surface area contributed by atoms with Crippen molar-refractivity contribution in [1.82, 2.24) is 9.62 Å². The van der Waals surface area contributed by atoms with Gasteiger partial charge in [-0.25, -0.2) is 17.2 Å². The molecule has 0 amide bonds. The lowest BCUT2D eigenvalue weighted by atomic mass is 9.76. The number of ether oxygens (including phenoxy) is 2. The van der Waals surface area contributed by atoms with Gasteiger partial charge in [-0.15, -0.1) is 0 Å². The van der Waals surface area contributed by atoms with Crippen LogP contribution < -0.4 is 10.1 Å². The number of alkyl halides is 2. The van der Waals surface area contributed by atoms with Crippen molar-refractivity contribution in [2.75, 3.05) is 13.1 Å². The lowest BCUT2D eigenvalue weighted by Crippen LogP contribution is -2.45. The van der Waals surface area contributed by atoms with Gasteiger partial charge in [0.05, 0.1) is 6.10 Å². The first-order chi connectivity index (χ1) is 17.1. The summed E-state index contributed by atoms with van der Waals surface area (Å²) < 4.78 is 66.9. The van der Waals surface area contributed by atoms with Gasteiger partial charge >= 0.3 is 5.97 Å². The lowest BCUT2D eigenvalue weighted by Gasteiger charge is -2.36. The predicted octanol–water partition coefficient (Wildman–Crippen LogP) is 4.81. The average Bonchev–Trinajstić information content (AvgIpc) is 3.08. The highest BCUT2D eigenvalue weighted by molar-refractivity contribution is 7.89. The van der Waals surface area contributed by atoms with Crippen molar-refractivity contribution in [3.05, 3.63) is 23.8 Å². The van der Waals surface area contributed by atoms with E-state index in [-0.39, 0.29) is 35.8 Å². The molecule has 3 aliphatic rings. The van der Waals surface area contributed by atoms with Crippen LogP contribution in [0.5, 0.6) is 5.75 Å². The maximum absolute atomic E-state index is 13.7. The first kappa shape index (κ1) is 28.2. The zero-order valence-corrected chi connectivity index (χ0v) is 23.3. The molecule has 7 nitrogen and oxygen atoms in total. The second-order valence-corrected chi connectivity index (χ2v) is 13.9. The molecule has 1 aromatic rings. The van der Waals surface area contributed by atoms with Gasteiger partial charge in [0.25, 0.3) is 5.92 Å². The number of rotatable bonds is 10. The van der Waals surface area contributed by atoms with E-state index < -0.39 is 39.0 Å². The minimum absolute atomic E-state index is 0.0285. The Hall–Kier alpha value is -1.78. The van der Waals surface area contributed by atoms with Gasteiger partial charge in [-0.2, -0.15) is 4.31 Å². The maximum atomic E-state index is 13.7. The Labute approximate surface area is 219 Å². The molecule has 1 heterocycles. The number of carbonyl (C=O) groups excluding carboxylic acids is 1. The highest BCUT2D eigenvalue weighted by Gasteiger charge is 2.75. The van der Waals surface area contributed by atoms with E-state index >= 15 is 0 Å². The third-order valence-corrected chi connectivity index (χ3v) is 9.55. The molecule has 0 radical (unpaired) electrons. The Balaban J connectivity index is 1.35. The van der Waals surface area contributed by atoms with E-state index in [0.29, 0.717) is 38.6 Å². The molecule has 0 unspecified atom stereocenters. The number of esters is 1. The lowest BCUT2D eigenvalue weighted by molar-refractivity contribution is -0.158. The summed E-state index contributed by atoms with van der Waals surface area (Å²) >= 11 is 0. The smallest absolute Gasteiger partial charge is 0.324 e. The van der Waals surface area contributed by atoms with Crippen molar-refractivity contribution in [3.63, 3.8) is 0 Å². The quantitative estimate of drug-likeness (QED) is 0.337. The Morgan fingerprint density at radius 1 is 1.27 bits per heavy atom. The van der Waals surface area contributed by atoms with Gasteiger partial charge in [-0.1, -0.05) is 6.07 Å². The Kier molecular flexibility index (Phi) is 7.69. The average molecular weight is 543 g/mol. The molecular formula is C27H40F2N2O5S. The summed E-state index contributed by atoms with van der Waals surface area (Å²) in [6.07, 6.45) is 3.31. The van der Waals surface area contributed by atoms with Gasteiger partial charge in [-0.05, 0) is 97.4 Å². The number of sulfonamides is 1. The van der Waals surface area contributed by atoms with E-state index in [4.69, 9.17) is 9.47 Å². The normalized spacial score (nSPS) is 28.1. The van der Waals surface area contributed by atoms with Gasteiger partial charge in [0.1, 0.15) is 22.3 Å². The molecule has 2 saturated carbocycles. The zero-order chi connectivity index (χ0) is 27.2. The molecule has 37 heavy (non-hydrogen) atoms. The fourth-order valence-corrected chi connectivity index (χ4v) is 7.25. The van der Waals surface area contributed by atoms with Crippen molar-refractivity contribution in [2.45, 2.75) is 114 Å². The Bertz CT molecular complexity index is 1110. The molecule has 2 aliphatic carbocycles. The van der Waals surface area contributed by atoms with Crippen LogP contribution >= 0.6 is 0 Å². The first-order valence-corrected chi connectivity index (χ1v) is 14.7. The van der Waals surface area contributed by atoms with Crippen LogP contribution in [0.1, 0.15) is 78.2 Å². The molecule has 1 spiro atoms. The molecule has 3 fully saturated rings. The third-order valence-electron chi connectivity index (χ3n) is 7.60. The minimum Gasteiger partial charge on any atom is -0.489 e. The molecule has 0 aromatic heterocycles. The molecule has 10 heteroatoms. The highest BCUT2D eigenvalue weighted by Crippen LogP contribution is 2.70. The van der Waals surface area contributed by atoms with Gasteiger partial charge in [0, 0.05) is 24.4 Å². The van der Waals surface area contributed by atoms with Gasteiger partial charge in [0.2, 0.25) is 10.0 Å². The van der Waals surface area contributed by atoms with Crippen molar-refractivity contribution in [3.8, 4) is 5.75 Å². The summed E-state index contributed by atoms with van der Waals surface area (Å²) in [5.74, 6) is -2.74. The summed E-state index contributed by atoms with van der Waals surface area (Å²) in [5, 5.41) is 3.35. The molecule has 4 rings (SSSR count). The van der Waals surface area contributed by atoms with E-state index in [1.807, 2.05) is 13.8 Å². The van der Waals surface area contributed by atoms with Crippen LogP contribution in [0.2, 0.25) is 0 Å². The maximum Gasteiger partial charge on any atom is 0.324 e. The number of nitrogens with one attached hydrogen (secondary N) is 1. The predicted molar refractivity (Wildman–Crippen MR) is 136 cm³/mol. The van der Waals surface area contributed by atoms with Crippen LogP contribution in [0, 0.1) is 12.3 Å². The van der Waals surface area contributed by atoms with Crippen LogP contribution in [0.25, 0.3) is 0 Å².